The number of carbonyl (C=O) groups is 1. The number of aldehydes is 1. The van der Waals surface area contributed by atoms with Crippen LogP contribution in [0.25, 0.3) is 0 Å². The lowest BCUT2D eigenvalue weighted by atomic mass is 10.0. The minimum atomic E-state index is -0.300. The summed E-state index contributed by atoms with van der Waals surface area (Å²) in [6.07, 6.45) is 0.636. The van der Waals surface area contributed by atoms with E-state index >= 15 is 0 Å². The molecule has 1 atom stereocenters. The van der Waals surface area contributed by atoms with Gasteiger partial charge in [0.05, 0.1) is 22.7 Å². The van der Waals surface area contributed by atoms with Gasteiger partial charge in [-0.05, 0) is 17.7 Å². The SMILES string of the molecule is O=Cc1ccc(OP)c(CO)c1CO. The van der Waals surface area contributed by atoms with Crippen molar-refractivity contribution in [2.75, 3.05) is 0 Å². The summed E-state index contributed by atoms with van der Waals surface area (Å²) < 4.78 is 4.91. The number of hydrogen-bond donors (Lipinski definition) is 2. The predicted octanol–water partition coefficient (Wildman–Crippen LogP) is 0.653. The Bertz CT molecular complexity index is 338. The highest BCUT2D eigenvalue weighted by molar-refractivity contribution is 7.10. The normalized spacial score (nSPS) is 9.93. The zero-order valence-electron chi connectivity index (χ0n) is 7.43. The lowest BCUT2D eigenvalue weighted by molar-refractivity contribution is 0.112. The standard InChI is InChI=1S/C9H11O4P/c10-3-6-1-2-9(13-14)8(5-12)7(6)4-11/h1-3,11-12H,4-5,14H2. The van der Waals surface area contributed by atoms with Gasteiger partial charge in [0.2, 0.25) is 0 Å². The van der Waals surface area contributed by atoms with E-state index in [0.717, 1.165) is 0 Å². The first kappa shape index (κ1) is 11.1. The van der Waals surface area contributed by atoms with Crippen LogP contribution in [0.4, 0.5) is 0 Å². The van der Waals surface area contributed by atoms with Crippen LogP contribution in [0.3, 0.4) is 0 Å². The summed E-state index contributed by atoms with van der Waals surface area (Å²) in [7, 11) is 2.05. The number of aliphatic hydroxyl groups is 2. The Morgan fingerprint density at radius 2 is 1.93 bits per heavy atom. The van der Waals surface area contributed by atoms with Gasteiger partial charge in [0.25, 0.3) is 0 Å². The van der Waals surface area contributed by atoms with Crippen molar-refractivity contribution in [3.8, 4) is 5.75 Å². The lowest BCUT2D eigenvalue weighted by Crippen LogP contribution is -2.01. The average molecular weight is 214 g/mol. The molecule has 1 aromatic rings. The van der Waals surface area contributed by atoms with Gasteiger partial charge in [-0.1, -0.05) is 0 Å². The third kappa shape index (κ3) is 1.93. The number of rotatable bonds is 4. The number of aliphatic hydroxyl groups excluding tert-OH is 2. The summed E-state index contributed by atoms with van der Waals surface area (Å²) in [5.41, 5.74) is 1.21. The second-order valence-electron chi connectivity index (χ2n) is 2.66. The molecule has 1 aromatic carbocycles. The van der Waals surface area contributed by atoms with Crippen molar-refractivity contribution in [1.82, 2.24) is 0 Å². The van der Waals surface area contributed by atoms with Crippen molar-refractivity contribution in [3.05, 3.63) is 28.8 Å². The maximum Gasteiger partial charge on any atom is 0.150 e. The second kappa shape index (κ2) is 5.05. The van der Waals surface area contributed by atoms with Gasteiger partial charge in [-0.25, -0.2) is 0 Å². The zero-order valence-corrected chi connectivity index (χ0v) is 8.59. The largest absolute Gasteiger partial charge is 0.480 e. The molecule has 0 aliphatic heterocycles. The van der Waals surface area contributed by atoms with Gasteiger partial charge >= 0.3 is 0 Å². The van der Waals surface area contributed by atoms with Crippen LogP contribution in [0.15, 0.2) is 12.1 Å². The molecule has 0 amide bonds. The Hall–Kier alpha value is -0.960. The highest BCUT2D eigenvalue weighted by atomic mass is 31.0. The highest BCUT2D eigenvalue weighted by Gasteiger charge is 2.11. The van der Waals surface area contributed by atoms with Crippen molar-refractivity contribution in [2.24, 2.45) is 0 Å². The summed E-state index contributed by atoms with van der Waals surface area (Å²) in [4.78, 5) is 10.6. The summed E-state index contributed by atoms with van der Waals surface area (Å²) in [5, 5.41) is 18.1. The van der Waals surface area contributed by atoms with E-state index in [2.05, 4.69) is 9.47 Å². The molecule has 76 valence electrons. The fraction of sp³-hybridized carbons (Fsp3) is 0.222. The quantitative estimate of drug-likeness (QED) is 0.570. The van der Waals surface area contributed by atoms with Gasteiger partial charge in [0, 0.05) is 11.1 Å². The molecule has 2 N–H and O–H groups in total. The molecule has 0 heterocycles. The maximum absolute atomic E-state index is 10.6. The Balaban J connectivity index is 3.35. The fourth-order valence-electron chi connectivity index (χ4n) is 1.27. The number of benzene rings is 1. The molecule has 0 radical (unpaired) electrons. The van der Waals surface area contributed by atoms with E-state index in [1.807, 2.05) is 0 Å². The molecule has 0 fully saturated rings. The number of hydrogen-bond acceptors (Lipinski definition) is 4. The van der Waals surface area contributed by atoms with E-state index in [-0.39, 0.29) is 13.2 Å². The first-order chi connectivity index (χ1) is 6.78. The van der Waals surface area contributed by atoms with Crippen molar-refractivity contribution in [1.29, 1.82) is 0 Å². The van der Waals surface area contributed by atoms with Crippen LogP contribution in [-0.4, -0.2) is 16.5 Å². The van der Waals surface area contributed by atoms with Gasteiger partial charge in [0.1, 0.15) is 12.0 Å². The molecule has 0 saturated carbocycles. The molecule has 5 heteroatoms. The van der Waals surface area contributed by atoms with Crippen molar-refractivity contribution in [3.63, 3.8) is 0 Å². The van der Waals surface area contributed by atoms with Gasteiger partial charge in [-0.3, -0.25) is 4.79 Å². The molecule has 0 bridgehead atoms. The third-order valence-corrected chi connectivity index (χ3v) is 2.25. The predicted molar refractivity (Wildman–Crippen MR) is 54.0 cm³/mol. The molecule has 0 spiro atoms. The van der Waals surface area contributed by atoms with Crippen LogP contribution < -0.4 is 4.52 Å². The summed E-state index contributed by atoms with van der Waals surface area (Å²) in [6, 6.07) is 3.11. The second-order valence-corrected chi connectivity index (χ2v) is 2.90. The van der Waals surface area contributed by atoms with E-state index < -0.39 is 0 Å². The van der Waals surface area contributed by atoms with Crippen LogP contribution >= 0.6 is 9.47 Å². The Kier molecular flexibility index (Phi) is 4.01. The third-order valence-electron chi connectivity index (χ3n) is 1.99. The van der Waals surface area contributed by atoms with Crippen molar-refractivity contribution >= 4 is 15.8 Å². The molecule has 4 nitrogen and oxygen atoms in total. The molecular formula is C9H11O4P. The van der Waals surface area contributed by atoms with E-state index in [0.29, 0.717) is 28.7 Å². The zero-order chi connectivity index (χ0) is 10.6. The molecule has 14 heavy (non-hydrogen) atoms. The van der Waals surface area contributed by atoms with E-state index in [9.17, 15) is 4.79 Å². The van der Waals surface area contributed by atoms with E-state index in [1.54, 1.807) is 6.07 Å². The lowest BCUT2D eigenvalue weighted by Gasteiger charge is -2.11. The summed E-state index contributed by atoms with van der Waals surface area (Å²) >= 11 is 0. The van der Waals surface area contributed by atoms with Crippen LogP contribution in [0.2, 0.25) is 0 Å². The topological polar surface area (TPSA) is 66.8 Å². The minimum absolute atomic E-state index is 0.276. The molecule has 0 saturated heterocycles. The van der Waals surface area contributed by atoms with E-state index in [4.69, 9.17) is 14.7 Å². The van der Waals surface area contributed by atoms with Crippen LogP contribution in [-0.2, 0) is 13.2 Å². The van der Waals surface area contributed by atoms with E-state index in [1.165, 1.54) is 6.07 Å². The Morgan fingerprint density at radius 1 is 1.29 bits per heavy atom. The van der Waals surface area contributed by atoms with Crippen molar-refractivity contribution < 1.29 is 19.5 Å². The first-order valence-corrected chi connectivity index (χ1v) is 4.44. The number of carbonyl (C=O) groups excluding carboxylic acids is 1. The Morgan fingerprint density at radius 3 is 2.36 bits per heavy atom. The summed E-state index contributed by atoms with van der Waals surface area (Å²) in [6.45, 7) is -0.576. The molecule has 0 aliphatic carbocycles. The van der Waals surface area contributed by atoms with Gasteiger partial charge in [-0.2, -0.15) is 0 Å². The highest BCUT2D eigenvalue weighted by Crippen LogP contribution is 2.26. The molecule has 1 unspecified atom stereocenters. The monoisotopic (exact) mass is 214 g/mol. The molecule has 1 rings (SSSR count). The van der Waals surface area contributed by atoms with Crippen LogP contribution in [0.1, 0.15) is 21.5 Å². The first-order valence-electron chi connectivity index (χ1n) is 3.96. The van der Waals surface area contributed by atoms with Gasteiger partial charge < -0.3 is 14.7 Å². The van der Waals surface area contributed by atoms with Crippen LogP contribution in [0, 0.1) is 0 Å². The fourth-order valence-corrected chi connectivity index (χ4v) is 1.49. The minimum Gasteiger partial charge on any atom is -0.480 e. The molecule has 0 aliphatic rings. The smallest absolute Gasteiger partial charge is 0.150 e. The Labute approximate surface area is 83.8 Å². The van der Waals surface area contributed by atoms with Crippen molar-refractivity contribution in [2.45, 2.75) is 13.2 Å². The molecular weight excluding hydrogens is 203 g/mol. The molecule has 0 aromatic heterocycles. The maximum atomic E-state index is 10.6. The van der Waals surface area contributed by atoms with Gasteiger partial charge in [0.15, 0.2) is 0 Å². The van der Waals surface area contributed by atoms with Gasteiger partial charge in [-0.15, -0.1) is 0 Å². The average Bonchev–Trinajstić information content (AvgIpc) is 2.26. The summed E-state index contributed by atoms with van der Waals surface area (Å²) in [5.74, 6) is 0.437. The van der Waals surface area contributed by atoms with Crippen LogP contribution in [0.5, 0.6) is 5.75 Å².